The van der Waals surface area contributed by atoms with Gasteiger partial charge in [-0.1, -0.05) is 24.3 Å². The molecule has 3 nitrogen and oxygen atoms in total. The van der Waals surface area contributed by atoms with Crippen molar-refractivity contribution in [2.24, 2.45) is 0 Å². The average molecular weight is 273 g/mol. The van der Waals surface area contributed by atoms with Gasteiger partial charge >= 0.3 is 0 Å². The van der Waals surface area contributed by atoms with E-state index in [4.69, 9.17) is 4.74 Å². The van der Waals surface area contributed by atoms with Crippen LogP contribution in [0.25, 0.3) is 0 Å². The van der Waals surface area contributed by atoms with E-state index in [1.807, 2.05) is 25.1 Å². The fourth-order valence-electron chi connectivity index (χ4n) is 1.71. The molecule has 2 rings (SSSR count). The highest BCUT2D eigenvalue weighted by Crippen LogP contribution is 2.20. The summed E-state index contributed by atoms with van der Waals surface area (Å²) in [5, 5.41) is 2.71. The average Bonchev–Trinajstić information content (AvgIpc) is 2.44. The first-order valence-electron chi connectivity index (χ1n) is 6.35. The van der Waals surface area contributed by atoms with E-state index in [0.717, 1.165) is 5.56 Å². The van der Waals surface area contributed by atoms with Gasteiger partial charge in [0.15, 0.2) is 17.7 Å². The maximum Gasteiger partial charge on any atom is 0.265 e. The Hall–Kier alpha value is -2.36. The second kappa shape index (κ2) is 6.19. The second-order valence-corrected chi connectivity index (χ2v) is 4.55. The molecule has 0 bridgehead atoms. The first-order valence-corrected chi connectivity index (χ1v) is 6.35. The van der Waals surface area contributed by atoms with Gasteiger partial charge in [-0.3, -0.25) is 4.79 Å². The van der Waals surface area contributed by atoms with Crippen LogP contribution in [0, 0.1) is 12.7 Å². The summed E-state index contributed by atoms with van der Waals surface area (Å²) in [4.78, 5) is 12.0. The van der Waals surface area contributed by atoms with E-state index in [9.17, 15) is 9.18 Å². The third kappa shape index (κ3) is 3.57. The van der Waals surface area contributed by atoms with Crippen molar-refractivity contribution < 1.29 is 13.9 Å². The lowest BCUT2D eigenvalue weighted by Crippen LogP contribution is -2.30. The quantitative estimate of drug-likeness (QED) is 0.925. The van der Waals surface area contributed by atoms with Gasteiger partial charge in [-0.2, -0.15) is 0 Å². The van der Waals surface area contributed by atoms with E-state index in [1.54, 1.807) is 31.2 Å². The van der Waals surface area contributed by atoms with E-state index in [2.05, 4.69) is 5.32 Å². The molecule has 0 aliphatic rings. The number of hydrogen-bond acceptors (Lipinski definition) is 2. The molecule has 20 heavy (non-hydrogen) atoms. The molecular weight excluding hydrogens is 257 g/mol. The van der Waals surface area contributed by atoms with Gasteiger partial charge in [0.05, 0.1) is 0 Å². The van der Waals surface area contributed by atoms with Crippen LogP contribution in [0.1, 0.15) is 12.5 Å². The van der Waals surface area contributed by atoms with Gasteiger partial charge in [0.25, 0.3) is 5.91 Å². The van der Waals surface area contributed by atoms with Gasteiger partial charge in [-0.25, -0.2) is 4.39 Å². The molecule has 1 atom stereocenters. The Balaban J connectivity index is 2.02. The molecule has 1 N–H and O–H groups in total. The molecule has 0 saturated carbocycles. The smallest absolute Gasteiger partial charge is 0.265 e. The maximum atomic E-state index is 13.6. The summed E-state index contributed by atoms with van der Waals surface area (Å²) in [7, 11) is 0. The molecular formula is C16H16FNO2. The molecule has 1 unspecified atom stereocenters. The van der Waals surface area contributed by atoms with Crippen LogP contribution in [-0.2, 0) is 4.79 Å². The number of amides is 1. The zero-order chi connectivity index (χ0) is 14.5. The van der Waals surface area contributed by atoms with E-state index in [1.165, 1.54) is 6.07 Å². The Bertz CT molecular complexity index is 599. The first-order chi connectivity index (χ1) is 9.56. The summed E-state index contributed by atoms with van der Waals surface area (Å²) in [6.45, 7) is 3.42. The Morgan fingerprint density at radius 2 is 1.90 bits per heavy atom. The highest BCUT2D eigenvalue weighted by Gasteiger charge is 2.16. The van der Waals surface area contributed by atoms with E-state index in [0.29, 0.717) is 5.69 Å². The number of para-hydroxylation sites is 1. The van der Waals surface area contributed by atoms with Crippen molar-refractivity contribution in [3.05, 3.63) is 59.9 Å². The predicted octanol–water partition coefficient (Wildman–Crippen LogP) is 3.54. The van der Waals surface area contributed by atoms with Crippen molar-refractivity contribution in [3.63, 3.8) is 0 Å². The van der Waals surface area contributed by atoms with Gasteiger partial charge in [0, 0.05) is 5.69 Å². The molecule has 2 aromatic rings. The minimum atomic E-state index is -0.786. The van der Waals surface area contributed by atoms with Crippen LogP contribution >= 0.6 is 0 Å². The zero-order valence-electron chi connectivity index (χ0n) is 11.4. The van der Waals surface area contributed by atoms with Crippen LogP contribution in [0.2, 0.25) is 0 Å². The van der Waals surface area contributed by atoms with Crippen molar-refractivity contribution in [1.82, 2.24) is 0 Å². The molecule has 0 aliphatic heterocycles. The summed E-state index contributed by atoms with van der Waals surface area (Å²) in [5.74, 6) is -0.715. The fraction of sp³-hybridized carbons (Fsp3) is 0.188. The number of carbonyl (C=O) groups is 1. The molecule has 0 aliphatic carbocycles. The summed E-state index contributed by atoms with van der Waals surface area (Å²) in [6, 6.07) is 13.6. The number of nitrogens with one attached hydrogen (secondary N) is 1. The number of aryl methyl sites for hydroxylation is 1. The maximum absolute atomic E-state index is 13.6. The molecule has 0 radical (unpaired) electrons. The Kier molecular flexibility index (Phi) is 4.35. The summed E-state index contributed by atoms with van der Waals surface area (Å²) in [6.07, 6.45) is -0.786. The number of halogens is 1. The van der Waals surface area contributed by atoms with Gasteiger partial charge in [-0.15, -0.1) is 0 Å². The number of ether oxygens (including phenoxy) is 1. The molecule has 0 saturated heterocycles. The van der Waals surface area contributed by atoms with Gasteiger partial charge < -0.3 is 10.1 Å². The molecule has 0 fully saturated rings. The van der Waals surface area contributed by atoms with Crippen LogP contribution in [0.5, 0.6) is 5.75 Å². The topological polar surface area (TPSA) is 38.3 Å². The lowest BCUT2D eigenvalue weighted by molar-refractivity contribution is -0.122. The van der Waals surface area contributed by atoms with Crippen LogP contribution in [-0.4, -0.2) is 12.0 Å². The third-order valence-corrected chi connectivity index (χ3v) is 2.80. The van der Waals surface area contributed by atoms with Crippen LogP contribution in [0.3, 0.4) is 0 Å². The molecule has 4 heteroatoms. The van der Waals surface area contributed by atoms with Crippen molar-refractivity contribution >= 4 is 11.6 Å². The lowest BCUT2D eigenvalue weighted by Gasteiger charge is -2.15. The standard InChI is InChI=1S/C16H16FNO2/c1-11-8-9-14(17)15(10-11)20-12(2)16(19)18-13-6-4-3-5-7-13/h3-10,12H,1-2H3,(H,18,19). The van der Waals surface area contributed by atoms with E-state index < -0.39 is 11.9 Å². The van der Waals surface area contributed by atoms with E-state index >= 15 is 0 Å². The Labute approximate surface area is 117 Å². The summed E-state index contributed by atoms with van der Waals surface area (Å²) < 4.78 is 18.9. The number of rotatable bonds is 4. The lowest BCUT2D eigenvalue weighted by atomic mass is 10.2. The van der Waals surface area contributed by atoms with Crippen LogP contribution in [0.15, 0.2) is 48.5 Å². The first kappa shape index (κ1) is 14.1. The number of benzene rings is 2. The number of hydrogen-bond donors (Lipinski definition) is 1. The largest absolute Gasteiger partial charge is 0.478 e. The van der Waals surface area contributed by atoms with Crippen molar-refractivity contribution in [1.29, 1.82) is 0 Å². The molecule has 1 amide bonds. The minimum absolute atomic E-state index is 0.0840. The van der Waals surface area contributed by atoms with E-state index in [-0.39, 0.29) is 11.7 Å². The Morgan fingerprint density at radius 1 is 1.20 bits per heavy atom. The normalized spacial score (nSPS) is 11.8. The number of anilines is 1. The third-order valence-electron chi connectivity index (χ3n) is 2.80. The van der Waals surface area contributed by atoms with Gasteiger partial charge in [0.2, 0.25) is 0 Å². The van der Waals surface area contributed by atoms with Crippen molar-refractivity contribution in [3.8, 4) is 5.75 Å². The van der Waals surface area contributed by atoms with Gasteiger partial charge in [-0.05, 0) is 43.7 Å². The van der Waals surface area contributed by atoms with Crippen molar-refractivity contribution in [2.45, 2.75) is 20.0 Å². The zero-order valence-corrected chi connectivity index (χ0v) is 11.4. The molecule has 0 spiro atoms. The predicted molar refractivity (Wildman–Crippen MR) is 76.3 cm³/mol. The van der Waals surface area contributed by atoms with Crippen LogP contribution < -0.4 is 10.1 Å². The highest BCUT2D eigenvalue weighted by molar-refractivity contribution is 5.94. The van der Waals surface area contributed by atoms with Crippen LogP contribution in [0.4, 0.5) is 10.1 Å². The summed E-state index contributed by atoms with van der Waals surface area (Å²) >= 11 is 0. The highest BCUT2D eigenvalue weighted by atomic mass is 19.1. The fourth-order valence-corrected chi connectivity index (χ4v) is 1.71. The Morgan fingerprint density at radius 3 is 2.60 bits per heavy atom. The molecule has 104 valence electrons. The van der Waals surface area contributed by atoms with Gasteiger partial charge in [0.1, 0.15) is 0 Å². The SMILES string of the molecule is Cc1ccc(F)c(OC(C)C(=O)Nc2ccccc2)c1. The minimum Gasteiger partial charge on any atom is -0.478 e. The van der Waals surface area contributed by atoms with Crippen molar-refractivity contribution in [2.75, 3.05) is 5.32 Å². The monoisotopic (exact) mass is 273 g/mol. The second-order valence-electron chi connectivity index (χ2n) is 4.55. The summed E-state index contributed by atoms with van der Waals surface area (Å²) in [5.41, 5.74) is 1.55. The molecule has 2 aromatic carbocycles. The number of carbonyl (C=O) groups excluding carboxylic acids is 1. The molecule has 0 aromatic heterocycles. The molecule has 0 heterocycles.